The molecule has 6 rings (SSSR count). The molecule has 1 aliphatic heterocycles. The Labute approximate surface area is 233 Å². The van der Waals surface area contributed by atoms with Gasteiger partial charge in [-0.25, -0.2) is 0 Å². The Morgan fingerprint density at radius 1 is 1.12 bits per heavy atom. The average Bonchev–Trinajstić information content (AvgIpc) is 3.67. The van der Waals surface area contributed by atoms with Crippen LogP contribution in [0.4, 0.5) is 5.69 Å². The summed E-state index contributed by atoms with van der Waals surface area (Å²) in [4.78, 5) is 36.8. The number of methoxy groups -OCH3 is 1. The van der Waals surface area contributed by atoms with E-state index in [0.29, 0.717) is 34.2 Å². The molecule has 1 saturated heterocycles. The number of rotatable bonds is 8. The molecular formula is C29H26N4O6S. The van der Waals surface area contributed by atoms with Gasteiger partial charge in [0.15, 0.2) is 5.75 Å². The maximum atomic E-state index is 13.3. The predicted molar refractivity (Wildman–Crippen MR) is 151 cm³/mol. The van der Waals surface area contributed by atoms with Gasteiger partial charge in [-0.15, -0.1) is 11.3 Å². The number of pyridine rings is 1. The SMILES string of the molecule is COCC1CCCN1C(=O)c1cc2nccc(Oc3ccc4c(c3)cc(C)n4Oc3ccc([N+](=O)[O-])cc3)c2s1. The lowest BCUT2D eigenvalue weighted by Gasteiger charge is -2.23. The quantitative estimate of drug-likeness (QED) is 0.161. The molecule has 204 valence electrons. The Kier molecular flexibility index (Phi) is 6.82. The number of benzene rings is 2. The van der Waals surface area contributed by atoms with Crippen molar-refractivity contribution in [2.75, 3.05) is 20.3 Å². The Morgan fingerprint density at radius 2 is 1.93 bits per heavy atom. The Morgan fingerprint density at radius 3 is 2.70 bits per heavy atom. The molecule has 40 heavy (non-hydrogen) atoms. The smallest absolute Gasteiger partial charge is 0.269 e. The number of nitro groups is 1. The number of likely N-dealkylation sites (tertiary alicyclic amines) is 1. The molecule has 1 amide bonds. The zero-order valence-electron chi connectivity index (χ0n) is 21.9. The van der Waals surface area contributed by atoms with Crippen LogP contribution in [-0.4, -0.2) is 51.7 Å². The molecule has 0 radical (unpaired) electrons. The second-order valence-corrected chi connectivity index (χ2v) is 10.7. The minimum Gasteiger partial charge on any atom is -0.456 e. The molecule has 0 aliphatic carbocycles. The number of fused-ring (bicyclic) bond motifs is 2. The number of non-ortho nitro benzene ring substituents is 1. The van der Waals surface area contributed by atoms with Crippen molar-refractivity contribution < 1.29 is 24.0 Å². The van der Waals surface area contributed by atoms with Gasteiger partial charge in [0, 0.05) is 43.4 Å². The van der Waals surface area contributed by atoms with Crippen LogP contribution < -0.4 is 9.57 Å². The van der Waals surface area contributed by atoms with E-state index in [1.165, 1.54) is 23.5 Å². The molecule has 1 aliphatic rings. The van der Waals surface area contributed by atoms with Crippen molar-refractivity contribution in [2.45, 2.75) is 25.8 Å². The topological polar surface area (TPSA) is 109 Å². The van der Waals surface area contributed by atoms with Crippen molar-refractivity contribution in [1.29, 1.82) is 0 Å². The summed E-state index contributed by atoms with van der Waals surface area (Å²) in [5.74, 6) is 1.74. The lowest BCUT2D eigenvalue weighted by Crippen LogP contribution is -2.37. The lowest BCUT2D eigenvalue weighted by molar-refractivity contribution is -0.384. The molecule has 1 fully saturated rings. The Bertz CT molecular complexity index is 1730. The van der Waals surface area contributed by atoms with Crippen molar-refractivity contribution >= 4 is 44.1 Å². The van der Waals surface area contributed by atoms with Gasteiger partial charge < -0.3 is 19.2 Å². The number of ether oxygens (including phenoxy) is 2. The molecule has 0 N–H and O–H groups in total. The third-order valence-corrected chi connectivity index (χ3v) is 8.09. The minimum absolute atomic E-state index is 0.000226. The summed E-state index contributed by atoms with van der Waals surface area (Å²) in [5.41, 5.74) is 2.39. The van der Waals surface area contributed by atoms with Crippen molar-refractivity contribution in [3.05, 3.63) is 87.5 Å². The molecule has 1 atom stereocenters. The van der Waals surface area contributed by atoms with Crippen molar-refractivity contribution in [2.24, 2.45) is 0 Å². The number of nitro benzene ring substituents is 1. The number of thiophene rings is 1. The maximum Gasteiger partial charge on any atom is 0.269 e. The van der Waals surface area contributed by atoms with Gasteiger partial charge in [0.2, 0.25) is 0 Å². The first-order chi connectivity index (χ1) is 19.4. The maximum absolute atomic E-state index is 13.3. The van der Waals surface area contributed by atoms with Gasteiger partial charge in [-0.1, -0.05) is 0 Å². The van der Waals surface area contributed by atoms with E-state index in [2.05, 4.69) is 4.98 Å². The predicted octanol–water partition coefficient (Wildman–Crippen LogP) is 6.35. The van der Waals surface area contributed by atoms with E-state index in [4.69, 9.17) is 14.3 Å². The highest BCUT2D eigenvalue weighted by molar-refractivity contribution is 7.21. The third-order valence-electron chi connectivity index (χ3n) is 6.96. The number of aromatic nitrogens is 2. The number of hydrogen-bond donors (Lipinski definition) is 0. The molecule has 0 saturated carbocycles. The number of carbonyl (C=O) groups is 1. The van der Waals surface area contributed by atoms with Crippen LogP contribution >= 0.6 is 11.3 Å². The molecule has 0 bridgehead atoms. The Balaban J connectivity index is 1.25. The third kappa shape index (κ3) is 4.85. The van der Waals surface area contributed by atoms with E-state index in [1.807, 2.05) is 42.2 Å². The van der Waals surface area contributed by atoms with Crippen LogP contribution in [0.1, 0.15) is 28.2 Å². The van der Waals surface area contributed by atoms with E-state index < -0.39 is 4.92 Å². The number of aryl methyl sites for hydroxylation is 1. The zero-order valence-corrected chi connectivity index (χ0v) is 22.7. The second-order valence-electron chi connectivity index (χ2n) is 9.63. The zero-order chi connectivity index (χ0) is 27.8. The summed E-state index contributed by atoms with van der Waals surface area (Å²) in [7, 11) is 1.66. The summed E-state index contributed by atoms with van der Waals surface area (Å²) in [6.45, 7) is 3.18. The van der Waals surface area contributed by atoms with Gasteiger partial charge in [-0.3, -0.25) is 19.9 Å². The molecule has 4 heterocycles. The number of nitrogens with zero attached hydrogens (tertiary/aromatic N) is 4. The van der Waals surface area contributed by atoms with Crippen molar-refractivity contribution in [3.63, 3.8) is 0 Å². The van der Waals surface area contributed by atoms with Crippen LogP contribution in [0.2, 0.25) is 0 Å². The van der Waals surface area contributed by atoms with Gasteiger partial charge in [0.25, 0.3) is 11.6 Å². The Hall–Kier alpha value is -4.48. The molecule has 3 aromatic heterocycles. The van der Waals surface area contributed by atoms with E-state index in [0.717, 1.165) is 40.7 Å². The fourth-order valence-electron chi connectivity index (χ4n) is 5.06. The first-order valence-corrected chi connectivity index (χ1v) is 13.6. The number of carbonyl (C=O) groups excluding carboxylic acids is 1. The van der Waals surface area contributed by atoms with Crippen LogP contribution in [0, 0.1) is 17.0 Å². The van der Waals surface area contributed by atoms with Crippen molar-refractivity contribution in [3.8, 4) is 17.2 Å². The standard InChI is InChI=1S/C29H26N4O6S/c1-18-14-19-15-23(9-10-25(19)32(18)39-22-7-5-20(6-8-22)33(35)36)38-26-11-12-30-24-16-27(40-28(24)26)29(34)31-13-3-4-21(31)17-37-2/h5-12,14-16,21H,3-4,13,17H2,1-2H3. The molecule has 5 aromatic rings. The van der Waals surface area contributed by atoms with Crippen LogP contribution in [0.25, 0.3) is 21.1 Å². The molecule has 1 unspecified atom stereocenters. The fourth-order valence-corrected chi connectivity index (χ4v) is 6.08. The average molecular weight is 559 g/mol. The van der Waals surface area contributed by atoms with Gasteiger partial charge in [-0.05, 0) is 62.2 Å². The first kappa shape index (κ1) is 25.8. The van der Waals surface area contributed by atoms with E-state index in [9.17, 15) is 14.9 Å². The number of hydrogen-bond acceptors (Lipinski definition) is 8. The van der Waals surface area contributed by atoms with Gasteiger partial charge in [0.05, 0.1) is 43.9 Å². The summed E-state index contributed by atoms with van der Waals surface area (Å²) in [5, 5.41) is 11.8. The second kappa shape index (κ2) is 10.6. The fraction of sp³-hybridized carbons (Fsp3) is 0.241. The van der Waals surface area contributed by atoms with Gasteiger partial charge >= 0.3 is 0 Å². The van der Waals surface area contributed by atoms with Crippen LogP contribution in [0.5, 0.6) is 17.2 Å². The van der Waals surface area contributed by atoms with Crippen LogP contribution in [0.3, 0.4) is 0 Å². The highest BCUT2D eigenvalue weighted by atomic mass is 32.1. The van der Waals surface area contributed by atoms with Crippen LogP contribution in [-0.2, 0) is 4.74 Å². The lowest BCUT2D eigenvalue weighted by atomic mass is 10.2. The van der Waals surface area contributed by atoms with Crippen molar-refractivity contribution in [1.82, 2.24) is 14.6 Å². The van der Waals surface area contributed by atoms with Gasteiger partial charge in [0.1, 0.15) is 11.5 Å². The summed E-state index contributed by atoms with van der Waals surface area (Å²) in [6, 6.07) is 17.3. The monoisotopic (exact) mass is 558 g/mol. The summed E-state index contributed by atoms with van der Waals surface area (Å²) in [6.07, 6.45) is 3.60. The highest BCUT2D eigenvalue weighted by Crippen LogP contribution is 2.37. The normalized spacial score (nSPS) is 15.2. The highest BCUT2D eigenvalue weighted by Gasteiger charge is 2.30. The van der Waals surface area contributed by atoms with E-state index >= 15 is 0 Å². The molecule has 11 heteroatoms. The largest absolute Gasteiger partial charge is 0.456 e. The first-order valence-electron chi connectivity index (χ1n) is 12.8. The molecular weight excluding hydrogens is 532 g/mol. The summed E-state index contributed by atoms with van der Waals surface area (Å²) >= 11 is 1.39. The molecule has 0 spiro atoms. The summed E-state index contributed by atoms with van der Waals surface area (Å²) < 4.78 is 14.1. The van der Waals surface area contributed by atoms with E-state index in [1.54, 1.807) is 36.2 Å². The number of amides is 1. The minimum atomic E-state index is -0.446. The van der Waals surface area contributed by atoms with Gasteiger partial charge in [-0.2, -0.15) is 4.73 Å². The van der Waals surface area contributed by atoms with Crippen LogP contribution in [0.15, 0.2) is 66.9 Å². The molecule has 2 aromatic carbocycles. The van der Waals surface area contributed by atoms with E-state index in [-0.39, 0.29) is 17.6 Å². The molecule has 10 nitrogen and oxygen atoms in total.